The Balaban J connectivity index is 1.46. The maximum atomic E-state index is 12.4. The van der Waals surface area contributed by atoms with Crippen molar-refractivity contribution in [3.05, 3.63) is 95.6 Å². The highest BCUT2D eigenvalue weighted by atomic mass is 16.5. The molecule has 0 aromatic heterocycles. The van der Waals surface area contributed by atoms with Gasteiger partial charge in [-0.05, 0) is 48.5 Å². The van der Waals surface area contributed by atoms with Crippen LogP contribution in [-0.4, -0.2) is 36.0 Å². The predicted molar refractivity (Wildman–Crippen MR) is 114 cm³/mol. The normalized spacial score (nSPS) is 11.5. The van der Waals surface area contributed by atoms with Gasteiger partial charge in [-0.25, -0.2) is 0 Å². The van der Waals surface area contributed by atoms with E-state index >= 15 is 0 Å². The molecule has 1 unspecified atom stereocenters. The van der Waals surface area contributed by atoms with E-state index in [1.807, 2.05) is 25.1 Å². The Morgan fingerprint density at radius 1 is 0.733 bits per heavy atom. The summed E-state index contributed by atoms with van der Waals surface area (Å²) >= 11 is 0. The molecule has 0 fully saturated rings. The summed E-state index contributed by atoms with van der Waals surface area (Å²) in [6, 6.07) is 22.7. The Morgan fingerprint density at radius 3 is 1.70 bits per heavy atom. The second-order valence-electron chi connectivity index (χ2n) is 6.80. The average molecular weight is 404 g/mol. The topological polar surface area (TPSA) is 72.8 Å². The fraction of sp³-hybridized carbons (Fsp3) is 0.200. The largest absolute Gasteiger partial charge is 0.491 e. The quantitative estimate of drug-likeness (QED) is 0.509. The molecular formula is C25H24O5. The standard InChI is InChI=1S/C25H24O5/c1-2-24(27)18-8-12-22(13-9-18)29-16-21(26)17-30-23-14-10-20(11-15-23)25(28)19-6-4-3-5-7-19/h3-15,21,26H,2,16-17H2,1H3. The van der Waals surface area contributed by atoms with Crippen LogP contribution in [0.2, 0.25) is 0 Å². The van der Waals surface area contributed by atoms with Crippen molar-refractivity contribution in [2.75, 3.05) is 13.2 Å². The number of Topliss-reactive ketones (excluding diaryl/α,β-unsaturated/α-hetero) is 1. The number of carbonyl (C=O) groups excluding carboxylic acids is 2. The maximum Gasteiger partial charge on any atom is 0.193 e. The van der Waals surface area contributed by atoms with Gasteiger partial charge in [0.15, 0.2) is 11.6 Å². The minimum absolute atomic E-state index is 0.0535. The van der Waals surface area contributed by atoms with E-state index in [9.17, 15) is 14.7 Å². The zero-order valence-corrected chi connectivity index (χ0v) is 16.8. The third kappa shape index (κ3) is 5.78. The zero-order valence-electron chi connectivity index (χ0n) is 16.8. The predicted octanol–water partition coefficient (Wildman–Crippen LogP) is 4.33. The first kappa shape index (κ1) is 21.3. The Hall–Kier alpha value is -3.44. The lowest BCUT2D eigenvalue weighted by atomic mass is 10.0. The van der Waals surface area contributed by atoms with Crippen molar-refractivity contribution in [3.8, 4) is 11.5 Å². The summed E-state index contributed by atoms with van der Waals surface area (Å²) in [6.07, 6.45) is -0.370. The Bertz CT molecular complexity index is 963. The molecule has 0 aliphatic rings. The second-order valence-corrected chi connectivity index (χ2v) is 6.80. The number of hydrogen-bond acceptors (Lipinski definition) is 5. The first-order valence-corrected chi connectivity index (χ1v) is 9.83. The van der Waals surface area contributed by atoms with Gasteiger partial charge in [-0.15, -0.1) is 0 Å². The van der Waals surface area contributed by atoms with Crippen molar-refractivity contribution >= 4 is 11.6 Å². The Kier molecular flexibility index (Phi) is 7.35. The molecule has 3 aromatic carbocycles. The van der Waals surface area contributed by atoms with E-state index in [-0.39, 0.29) is 24.8 Å². The van der Waals surface area contributed by atoms with Gasteiger partial charge in [0.2, 0.25) is 0 Å². The molecule has 3 rings (SSSR count). The molecule has 0 spiro atoms. The lowest BCUT2D eigenvalue weighted by molar-refractivity contribution is 0.0626. The molecule has 5 nitrogen and oxygen atoms in total. The molecule has 154 valence electrons. The molecule has 0 heterocycles. The van der Waals surface area contributed by atoms with Gasteiger partial charge >= 0.3 is 0 Å². The van der Waals surface area contributed by atoms with E-state index in [4.69, 9.17) is 9.47 Å². The number of aliphatic hydroxyl groups is 1. The minimum Gasteiger partial charge on any atom is -0.491 e. The van der Waals surface area contributed by atoms with Crippen LogP contribution in [0.15, 0.2) is 78.9 Å². The van der Waals surface area contributed by atoms with E-state index in [2.05, 4.69) is 0 Å². The summed E-state index contributed by atoms with van der Waals surface area (Å²) < 4.78 is 11.1. The highest BCUT2D eigenvalue weighted by Crippen LogP contribution is 2.17. The Labute approximate surface area is 175 Å². The first-order chi connectivity index (χ1) is 14.6. The zero-order chi connectivity index (χ0) is 21.3. The van der Waals surface area contributed by atoms with Gasteiger partial charge in [0.1, 0.15) is 30.8 Å². The molecule has 0 saturated heterocycles. The SMILES string of the molecule is CCC(=O)c1ccc(OCC(O)COc2ccc(C(=O)c3ccccc3)cc2)cc1. The number of ketones is 2. The third-order valence-electron chi connectivity index (χ3n) is 4.53. The molecule has 0 aliphatic heterocycles. The van der Waals surface area contributed by atoms with E-state index in [0.717, 1.165) is 0 Å². The summed E-state index contributed by atoms with van der Waals surface area (Å²) in [6.45, 7) is 1.93. The van der Waals surface area contributed by atoms with Crippen molar-refractivity contribution in [3.63, 3.8) is 0 Å². The van der Waals surface area contributed by atoms with Crippen LogP contribution in [-0.2, 0) is 0 Å². The summed E-state index contributed by atoms with van der Waals surface area (Å²) in [5, 5.41) is 10.1. The van der Waals surface area contributed by atoms with E-state index < -0.39 is 6.10 Å². The van der Waals surface area contributed by atoms with Gasteiger partial charge in [0.25, 0.3) is 0 Å². The highest BCUT2D eigenvalue weighted by molar-refractivity contribution is 6.09. The van der Waals surface area contributed by atoms with Crippen LogP contribution in [0.5, 0.6) is 11.5 Å². The summed E-state index contributed by atoms with van der Waals surface area (Å²) in [4.78, 5) is 24.0. The molecule has 0 bridgehead atoms. The fourth-order valence-corrected chi connectivity index (χ4v) is 2.83. The van der Waals surface area contributed by atoms with Crippen molar-refractivity contribution in [2.24, 2.45) is 0 Å². The lowest BCUT2D eigenvalue weighted by Gasteiger charge is -2.14. The second kappa shape index (κ2) is 10.4. The van der Waals surface area contributed by atoms with Crippen LogP contribution < -0.4 is 9.47 Å². The molecule has 5 heteroatoms. The molecule has 0 saturated carbocycles. The molecule has 0 radical (unpaired) electrons. The average Bonchev–Trinajstić information content (AvgIpc) is 2.81. The summed E-state index contributed by atoms with van der Waals surface area (Å²) in [5.74, 6) is 1.15. The van der Waals surface area contributed by atoms with Crippen molar-refractivity contribution in [1.82, 2.24) is 0 Å². The lowest BCUT2D eigenvalue weighted by Crippen LogP contribution is -2.25. The van der Waals surface area contributed by atoms with Gasteiger partial charge in [0, 0.05) is 23.1 Å². The molecule has 1 N–H and O–H groups in total. The number of hydrogen-bond donors (Lipinski definition) is 1. The van der Waals surface area contributed by atoms with Crippen LogP contribution in [0.25, 0.3) is 0 Å². The molecule has 1 atom stereocenters. The van der Waals surface area contributed by atoms with Gasteiger partial charge in [0.05, 0.1) is 0 Å². The van der Waals surface area contributed by atoms with Crippen molar-refractivity contribution in [2.45, 2.75) is 19.4 Å². The van der Waals surface area contributed by atoms with Crippen LogP contribution >= 0.6 is 0 Å². The number of benzene rings is 3. The molecule has 30 heavy (non-hydrogen) atoms. The molecular weight excluding hydrogens is 380 g/mol. The van der Waals surface area contributed by atoms with Crippen LogP contribution in [0.1, 0.15) is 39.6 Å². The van der Waals surface area contributed by atoms with Crippen LogP contribution in [0.3, 0.4) is 0 Å². The van der Waals surface area contributed by atoms with E-state index in [1.54, 1.807) is 60.7 Å². The smallest absolute Gasteiger partial charge is 0.193 e. The van der Waals surface area contributed by atoms with Crippen molar-refractivity contribution in [1.29, 1.82) is 0 Å². The van der Waals surface area contributed by atoms with E-state index in [0.29, 0.717) is 34.6 Å². The number of carbonyl (C=O) groups is 2. The van der Waals surface area contributed by atoms with Crippen LogP contribution in [0, 0.1) is 0 Å². The molecule has 0 amide bonds. The number of aliphatic hydroxyl groups excluding tert-OH is 1. The van der Waals surface area contributed by atoms with Gasteiger partial charge in [-0.1, -0.05) is 37.3 Å². The Morgan fingerprint density at radius 2 is 1.20 bits per heavy atom. The monoisotopic (exact) mass is 404 g/mol. The van der Waals surface area contributed by atoms with Crippen LogP contribution in [0.4, 0.5) is 0 Å². The third-order valence-corrected chi connectivity index (χ3v) is 4.53. The minimum atomic E-state index is -0.826. The fourth-order valence-electron chi connectivity index (χ4n) is 2.83. The van der Waals surface area contributed by atoms with E-state index in [1.165, 1.54) is 0 Å². The van der Waals surface area contributed by atoms with Crippen molar-refractivity contribution < 1.29 is 24.2 Å². The first-order valence-electron chi connectivity index (χ1n) is 9.83. The van der Waals surface area contributed by atoms with Gasteiger partial charge in [-0.2, -0.15) is 0 Å². The molecule has 3 aromatic rings. The summed E-state index contributed by atoms with van der Waals surface area (Å²) in [5.41, 5.74) is 1.84. The number of rotatable bonds is 10. The van der Waals surface area contributed by atoms with Gasteiger partial charge < -0.3 is 14.6 Å². The van der Waals surface area contributed by atoms with Gasteiger partial charge in [-0.3, -0.25) is 9.59 Å². The maximum absolute atomic E-state index is 12.4. The molecule has 0 aliphatic carbocycles. The number of ether oxygens (including phenoxy) is 2. The highest BCUT2D eigenvalue weighted by Gasteiger charge is 2.10. The summed E-state index contributed by atoms with van der Waals surface area (Å²) in [7, 11) is 0.